The minimum absolute atomic E-state index is 0.0525. The fourth-order valence-electron chi connectivity index (χ4n) is 4.97. The normalized spacial score (nSPS) is 17.3. The number of aromatic nitrogens is 5. The van der Waals surface area contributed by atoms with Gasteiger partial charge in [-0.3, -0.25) is 4.57 Å². The molecule has 5 rings (SSSR count). The number of piperidine rings is 1. The number of halogens is 3. The van der Waals surface area contributed by atoms with E-state index in [-0.39, 0.29) is 36.5 Å². The van der Waals surface area contributed by atoms with Crippen molar-refractivity contribution in [2.24, 2.45) is 0 Å². The number of sulfonamides is 1. The molecule has 2 aliphatic heterocycles. The highest BCUT2D eigenvalue weighted by molar-refractivity contribution is 7.90. The van der Waals surface area contributed by atoms with Crippen LogP contribution < -0.4 is 14.4 Å². The van der Waals surface area contributed by atoms with E-state index in [4.69, 9.17) is 25.8 Å². The van der Waals surface area contributed by atoms with Crippen LogP contribution in [-0.4, -0.2) is 120 Å². The Kier molecular flexibility index (Phi) is 10.1. The van der Waals surface area contributed by atoms with Gasteiger partial charge in [0, 0.05) is 32.7 Å². The Hall–Kier alpha value is -2.92. The smallest absolute Gasteiger partial charge is 0.323 e. The Balaban J connectivity index is 1.49. The zero-order chi connectivity index (χ0) is 30.6. The van der Waals surface area contributed by atoms with E-state index in [1.54, 1.807) is 18.2 Å². The van der Waals surface area contributed by atoms with Crippen molar-refractivity contribution in [2.45, 2.75) is 31.8 Å². The summed E-state index contributed by atoms with van der Waals surface area (Å²) >= 11 is 5.61. The van der Waals surface area contributed by atoms with E-state index >= 15 is 0 Å². The molecule has 0 atom stereocenters. The molecule has 0 amide bonds. The van der Waals surface area contributed by atoms with Crippen LogP contribution in [0.3, 0.4) is 0 Å². The molecule has 13 nitrogen and oxygen atoms in total. The van der Waals surface area contributed by atoms with Crippen LogP contribution in [0.15, 0.2) is 18.2 Å². The van der Waals surface area contributed by atoms with Gasteiger partial charge in [-0.05, 0) is 45.5 Å². The van der Waals surface area contributed by atoms with Crippen molar-refractivity contribution in [3.05, 3.63) is 24.0 Å². The molecule has 3 aromatic rings. The van der Waals surface area contributed by atoms with Gasteiger partial charge in [0.25, 0.3) is 6.43 Å². The summed E-state index contributed by atoms with van der Waals surface area (Å²) in [5, 5.41) is -0.494. The topological polar surface area (TPSA) is 128 Å². The summed E-state index contributed by atoms with van der Waals surface area (Å²) in [6, 6.07) is 5.01. The first-order valence-electron chi connectivity index (χ1n) is 14.0. The van der Waals surface area contributed by atoms with Gasteiger partial charge in [0.05, 0.1) is 25.3 Å². The lowest BCUT2D eigenvalue weighted by Gasteiger charge is -2.31. The summed E-state index contributed by atoms with van der Waals surface area (Å²) in [4.78, 5) is 21.7. The second kappa shape index (κ2) is 13.8. The number of hydrogen-bond acceptors (Lipinski definition) is 11. The molecule has 17 heteroatoms. The largest absolute Gasteiger partial charge is 0.491 e. The van der Waals surface area contributed by atoms with E-state index in [1.807, 2.05) is 23.9 Å². The number of rotatable bonds is 12. The lowest BCUT2D eigenvalue weighted by molar-refractivity contribution is 0.118. The van der Waals surface area contributed by atoms with Gasteiger partial charge in [-0.1, -0.05) is 6.07 Å². The lowest BCUT2D eigenvalue weighted by atomic mass is 10.1. The first-order valence-corrected chi connectivity index (χ1v) is 16.2. The number of alkyl halides is 3. The molecule has 2 fully saturated rings. The molecule has 2 saturated heterocycles. The molecule has 0 bridgehead atoms. The molecular formula is C26H35ClF2N8O5S. The Bertz CT molecular complexity index is 1500. The average molecular weight is 645 g/mol. The average Bonchev–Trinajstić information content (AvgIpc) is 3.41. The number of hydrogen-bond donors (Lipinski definition) is 0. The van der Waals surface area contributed by atoms with Gasteiger partial charge >= 0.3 is 6.01 Å². The zero-order valence-corrected chi connectivity index (χ0v) is 25.6. The maximum absolute atomic E-state index is 14.4. The van der Waals surface area contributed by atoms with Gasteiger partial charge in [0.2, 0.25) is 21.9 Å². The van der Waals surface area contributed by atoms with E-state index in [2.05, 4.69) is 19.9 Å². The molecule has 0 aliphatic carbocycles. The first-order chi connectivity index (χ1) is 20.7. The Morgan fingerprint density at radius 2 is 1.79 bits per heavy atom. The van der Waals surface area contributed by atoms with Crippen LogP contribution in [0.2, 0.25) is 0 Å². The summed E-state index contributed by atoms with van der Waals surface area (Å²) in [7, 11) is 0.391. The van der Waals surface area contributed by atoms with Gasteiger partial charge < -0.3 is 24.0 Å². The lowest BCUT2D eigenvalue weighted by Crippen LogP contribution is -2.42. The standard InChI is InChI=1S/C26H35ClF2N8O5S/c1-34(2)9-4-14-41-20-6-3-5-19-21(20)30-23(22(28)29)37(19)25-31-24(35-12-15-40-16-13-35)32-26(33-25)42-18-7-10-36(11-8-18)43(38,39)17-27/h3,5-6,18,22H,4,7-17H2,1-2H3. The molecule has 2 aromatic heterocycles. The van der Waals surface area contributed by atoms with Crippen LogP contribution in [0, 0.1) is 0 Å². The van der Waals surface area contributed by atoms with E-state index in [0.717, 1.165) is 13.0 Å². The highest BCUT2D eigenvalue weighted by atomic mass is 35.5. The van der Waals surface area contributed by atoms with Crippen LogP contribution in [-0.2, 0) is 14.8 Å². The van der Waals surface area contributed by atoms with Crippen LogP contribution in [0.25, 0.3) is 17.0 Å². The van der Waals surface area contributed by atoms with E-state index in [0.29, 0.717) is 57.0 Å². The fraction of sp³-hybridized carbons (Fsp3) is 0.615. The maximum Gasteiger partial charge on any atom is 0.323 e. The SMILES string of the molecule is CN(C)CCCOc1cccc2c1nc(C(F)F)n2-c1nc(OC2CCN(S(=O)(=O)CCl)CC2)nc(N2CCOCC2)n1. The Morgan fingerprint density at radius 3 is 2.47 bits per heavy atom. The summed E-state index contributed by atoms with van der Waals surface area (Å²) in [6.45, 7) is 3.56. The summed E-state index contributed by atoms with van der Waals surface area (Å²) in [5.74, 6) is 0.0262. The second-order valence-corrected chi connectivity index (χ2v) is 13.0. The fourth-order valence-corrected chi connectivity index (χ4v) is 6.29. The number of imidazole rings is 1. The van der Waals surface area contributed by atoms with Gasteiger partial charge in [-0.15, -0.1) is 11.6 Å². The van der Waals surface area contributed by atoms with Crippen molar-refractivity contribution in [3.8, 4) is 17.7 Å². The van der Waals surface area contributed by atoms with Crippen LogP contribution in [0.4, 0.5) is 14.7 Å². The molecule has 43 heavy (non-hydrogen) atoms. The molecule has 0 N–H and O–H groups in total. The van der Waals surface area contributed by atoms with Crippen molar-refractivity contribution in [3.63, 3.8) is 0 Å². The molecule has 1 aromatic carbocycles. The number of benzene rings is 1. The molecule has 4 heterocycles. The minimum atomic E-state index is -3.53. The third-order valence-corrected chi connectivity index (χ3v) is 9.42. The molecular weight excluding hydrogens is 610 g/mol. The number of anilines is 1. The Morgan fingerprint density at radius 1 is 1.07 bits per heavy atom. The van der Waals surface area contributed by atoms with Crippen molar-refractivity contribution < 1.29 is 31.4 Å². The minimum Gasteiger partial charge on any atom is -0.491 e. The van der Waals surface area contributed by atoms with Crippen molar-refractivity contribution in [1.29, 1.82) is 0 Å². The second-order valence-electron chi connectivity index (χ2n) is 10.5. The van der Waals surface area contributed by atoms with Gasteiger partial charge in [0.1, 0.15) is 22.6 Å². The van der Waals surface area contributed by atoms with Gasteiger partial charge in [-0.25, -0.2) is 26.5 Å². The summed E-state index contributed by atoms with van der Waals surface area (Å²) < 4.78 is 73.3. The van der Waals surface area contributed by atoms with Gasteiger partial charge in [0.15, 0.2) is 5.82 Å². The summed E-state index contributed by atoms with van der Waals surface area (Å²) in [5.41, 5.74) is 0.622. The third-order valence-electron chi connectivity index (χ3n) is 7.17. The highest BCUT2D eigenvalue weighted by Gasteiger charge is 2.30. The van der Waals surface area contributed by atoms with Crippen molar-refractivity contribution >= 4 is 38.6 Å². The van der Waals surface area contributed by atoms with Crippen LogP contribution in [0.1, 0.15) is 31.5 Å². The number of morpholine rings is 1. The quantitative estimate of drug-likeness (QED) is 0.213. The van der Waals surface area contributed by atoms with Crippen LogP contribution >= 0.6 is 11.6 Å². The number of fused-ring (bicyclic) bond motifs is 1. The third kappa shape index (κ3) is 7.42. The van der Waals surface area contributed by atoms with Crippen molar-refractivity contribution in [2.75, 3.05) is 76.8 Å². The monoisotopic (exact) mass is 644 g/mol. The predicted octanol–water partition coefficient (Wildman–Crippen LogP) is 2.68. The molecule has 0 spiro atoms. The van der Waals surface area contributed by atoms with Gasteiger partial charge in [-0.2, -0.15) is 15.0 Å². The first kappa shape index (κ1) is 31.5. The molecule has 0 radical (unpaired) electrons. The molecule has 2 aliphatic rings. The highest BCUT2D eigenvalue weighted by Crippen LogP contribution is 2.33. The van der Waals surface area contributed by atoms with Crippen molar-refractivity contribution in [1.82, 2.24) is 33.7 Å². The molecule has 236 valence electrons. The summed E-state index contributed by atoms with van der Waals surface area (Å²) in [6.07, 6.45) is -1.82. The van der Waals surface area contributed by atoms with E-state index in [9.17, 15) is 17.2 Å². The Labute approximate surface area is 253 Å². The zero-order valence-electron chi connectivity index (χ0n) is 24.0. The number of ether oxygens (including phenoxy) is 3. The van der Waals surface area contributed by atoms with Crippen LogP contribution in [0.5, 0.6) is 11.8 Å². The maximum atomic E-state index is 14.4. The molecule has 0 unspecified atom stereocenters. The van der Waals surface area contributed by atoms with E-state index in [1.165, 1.54) is 8.87 Å². The molecule has 0 saturated carbocycles. The number of para-hydroxylation sites is 1. The van der Waals surface area contributed by atoms with E-state index < -0.39 is 33.6 Å². The number of nitrogens with zero attached hydrogens (tertiary/aromatic N) is 8. The predicted molar refractivity (Wildman–Crippen MR) is 156 cm³/mol.